The number of methoxy groups -OCH3 is 1. The van der Waals surface area contributed by atoms with Crippen LogP contribution >= 0.6 is 0 Å². The van der Waals surface area contributed by atoms with Gasteiger partial charge in [-0.3, -0.25) is 9.59 Å². The first-order chi connectivity index (χ1) is 14.9. The predicted molar refractivity (Wildman–Crippen MR) is 114 cm³/mol. The van der Waals surface area contributed by atoms with Gasteiger partial charge in [-0.1, -0.05) is 55.5 Å². The number of nitrogens with one attached hydrogen (secondary N) is 2. The van der Waals surface area contributed by atoms with Gasteiger partial charge < -0.3 is 25.2 Å². The smallest absolute Gasteiger partial charge is 0.407 e. The molecule has 0 aromatic heterocycles. The molecule has 3 N–H and O–H groups in total. The summed E-state index contributed by atoms with van der Waals surface area (Å²) in [4.78, 5) is 35.6. The molecule has 2 amide bonds. The van der Waals surface area contributed by atoms with Crippen molar-refractivity contribution in [1.29, 1.82) is 0 Å². The summed E-state index contributed by atoms with van der Waals surface area (Å²) in [5, 5.41) is 13.9. The minimum atomic E-state index is -1.02. The molecule has 1 aliphatic carbocycles. The number of aliphatic carboxylic acids is 1. The van der Waals surface area contributed by atoms with E-state index in [0.717, 1.165) is 22.3 Å². The van der Waals surface area contributed by atoms with Gasteiger partial charge in [0, 0.05) is 19.6 Å². The predicted octanol–water partition coefficient (Wildman–Crippen LogP) is 2.38. The number of carboxylic acids is 1. The van der Waals surface area contributed by atoms with Crippen LogP contribution in [0.4, 0.5) is 4.79 Å². The highest BCUT2D eigenvalue weighted by atomic mass is 16.5. The van der Waals surface area contributed by atoms with E-state index < -0.39 is 29.9 Å². The SMILES string of the molecule is COC[C@H](NC(=O)OCC1c2ccccc2-c2ccccc21)C(=O)NCC(C)C(=O)O. The average molecular weight is 426 g/mol. The molecule has 2 aromatic carbocycles. The van der Waals surface area contributed by atoms with E-state index in [1.807, 2.05) is 48.5 Å². The number of ether oxygens (including phenoxy) is 2. The summed E-state index contributed by atoms with van der Waals surface area (Å²) in [6.45, 7) is 1.47. The van der Waals surface area contributed by atoms with Gasteiger partial charge in [0.25, 0.3) is 0 Å². The lowest BCUT2D eigenvalue weighted by atomic mass is 9.98. The number of fused-ring (bicyclic) bond motifs is 3. The van der Waals surface area contributed by atoms with Crippen molar-refractivity contribution in [2.24, 2.45) is 5.92 Å². The molecule has 164 valence electrons. The maximum Gasteiger partial charge on any atom is 0.407 e. The summed E-state index contributed by atoms with van der Waals surface area (Å²) in [6.07, 6.45) is -0.745. The lowest BCUT2D eigenvalue weighted by Crippen LogP contribution is -2.50. The second kappa shape index (κ2) is 10.1. The van der Waals surface area contributed by atoms with Crippen molar-refractivity contribution in [3.05, 3.63) is 59.7 Å². The van der Waals surface area contributed by atoms with E-state index in [9.17, 15) is 14.4 Å². The van der Waals surface area contributed by atoms with Gasteiger partial charge in [0.2, 0.25) is 5.91 Å². The molecule has 2 atom stereocenters. The number of hydrogen-bond donors (Lipinski definition) is 3. The molecule has 1 aliphatic rings. The van der Waals surface area contributed by atoms with Crippen LogP contribution in [0, 0.1) is 5.92 Å². The van der Waals surface area contributed by atoms with E-state index in [-0.39, 0.29) is 25.7 Å². The van der Waals surface area contributed by atoms with E-state index in [1.165, 1.54) is 14.0 Å². The van der Waals surface area contributed by atoms with Crippen LogP contribution < -0.4 is 10.6 Å². The van der Waals surface area contributed by atoms with Crippen LogP contribution in [-0.2, 0) is 19.1 Å². The summed E-state index contributed by atoms with van der Waals surface area (Å²) in [6, 6.07) is 15.0. The second-order valence-electron chi connectivity index (χ2n) is 7.46. The largest absolute Gasteiger partial charge is 0.481 e. The number of alkyl carbamates (subject to hydrolysis) is 1. The van der Waals surface area contributed by atoms with Crippen LogP contribution in [0.25, 0.3) is 11.1 Å². The first kappa shape index (κ1) is 22.3. The number of carbonyl (C=O) groups excluding carboxylic acids is 2. The van der Waals surface area contributed by atoms with Crippen molar-refractivity contribution in [3.8, 4) is 11.1 Å². The molecule has 0 radical (unpaired) electrons. The zero-order valence-electron chi connectivity index (χ0n) is 17.5. The van der Waals surface area contributed by atoms with Crippen LogP contribution in [0.2, 0.25) is 0 Å². The van der Waals surface area contributed by atoms with Gasteiger partial charge >= 0.3 is 12.1 Å². The summed E-state index contributed by atoms with van der Waals surface area (Å²) < 4.78 is 10.5. The number of carbonyl (C=O) groups is 3. The Morgan fingerprint density at radius 1 is 1.03 bits per heavy atom. The van der Waals surface area contributed by atoms with E-state index in [0.29, 0.717) is 0 Å². The first-order valence-corrected chi connectivity index (χ1v) is 10.0. The molecule has 0 saturated carbocycles. The molecular formula is C23H26N2O6. The molecule has 1 unspecified atom stereocenters. The Hall–Kier alpha value is -3.39. The van der Waals surface area contributed by atoms with Gasteiger partial charge in [0.1, 0.15) is 12.6 Å². The molecule has 0 aliphatic heterocycles. The van der Waals surface area contributed by atoms with Crippen LogP contribution in [-0.4, -0.2) is 56.0 Å². The van der Waals surface area contributed by atoms with Gasteiger partial charge in [-0.25, -0.2) is 4.79 Å². The maximum atomic E-state index is 12.4. The molecule has 0 spiro atoms. The van der Waals surface area contributed by atoms with Gasteiger partial charge in [-0.05, 0) is 22.3 Å². The second-order valence-corrected chi connectivity index (χ2v) is 7.46. The molecule has 8 heteroatoms. The van der Waals surface area contributed by atoms with Crippen LogP contribution in [0.3, 0.4) is 0 Å². The number of rotatable bonds is 9. The van der Waals surface area contributed by atoms with E-state index >= 15 is 0 Å². The molecular weight excluding hydrogens is 400 g/mol. The number of hydrogen-bond acceptors (Lipinski definition) is 5. The molecule has 31 heavy (non-hydrogen) atoms. The zero-order chi connectivity index (χ0) is 22.4. The summed E-state index contributed by atoms with van der Waals surface area (Å²) in [7, 11) is 1.40. The highest BCUT2D eigenvalue weighted by Crippen LogP contribution is 2.44. The van der Waals surface area contributed by atoms with Crippen LogP contribution in [0.1, 0.15) is 24.0 Å². The molecule has 2 aromatic rings. The first-order valence-electron chi connectivity index (χ1n) is 10.0. The minimum Gasteiger partial charge on any atom is -0.481 e. The normalized spacial score (nSPS) is 14.1. The standard InChI is InChI=1S/C23H26N2O6/c1-14(22(27)28)11-24-21(26)20(13-30-2)25-23(29)31-12-19-17-9-5-3-7-15(17)16-8-4-6-10-18(16)19/h3-10,14,19-20H,11-13H2,1-2H3,(H,24,26)(H,25,29)(H,27,28)/t14?,20-/m0/s1. The van der Waals surface area contributed by atoms with Gasteiger partial charge in [0.05, 0.1) is 12.5 Å². The van der Waals surface area contributed by atoms with Gasteiger partial charge in [-0.15, -0.1) is 0 Å². The van der Waals surface area contributed by atoms with Crippen molar-refractivity contribution >= 4 is 18.0 Å². The Labute approximate surface area is 180 Å². The van der Waals surface area contributed by atoms with E-state index in [2.05, 4.69) is 10.6 Å². The third-order valence-electron chi connectivity index (χ3n) is 5.29. The number of amides is 2. The molecule has 8 nitrogen and oxygen atoms in total. The Balaban J connectivity index is 1.61. The van der Waals surface area contributed by atoms with Gasteiger partial charge in [-0.2, -0.15) is 0 Å². The topological polar surface area (TPSA) is 114 Å². The fourth-order valence-corrected chi connectivity index (χ4v) is 3.60. The number of benzene rings is 2. The van der Waals surface area contributed by atoms with Crippen molar-refractivity contribution in [3.63, 3.8) is 0 Å². The minimum absolute atomic E-state index is 0.0548. The fourth-order valence-electron chi connectivity index (χ4n) is 3.60. The zero-order valence-corrected chi connectivity index (χ0v) is 17.5. The Morgan fingerprint density at radius 2 is 1.61 bits per heavy atom. The van der Waals surface area contributed by atoms with Crippen molar-refractivity contribution in [2.45, 2.75) is 18.9 Å². The summed E-state index contributed by atoms with van der Waals surface area (Å²) in [5.74, 6) is -2.40. The van der Waals surface area contributed by atoms with E-state index in [1.54, 1.807) is 0 Å². The Morgan fingerprint density at radius 3 is 2.16 bits per heavy atom. The number of carboxylic acid groups (broad SMARTS) is 1. The van der Waals surface area contributed by atoms with Crippen LogP contribution in [0.5, 0.6) is 0 Å². The fraction of sp³-hybridized carbons (Fsp3) is 0.348. The molecule has 3 rings (SSSR count). The van der Waals surface area contributed by atoms with Crippen LogP contribution in [0.15, 0.2) is 48.5 Å². The van der Waals surface area contributed by atoms with Crippen molar-refractivity contribution in [2.75, 3.05) is 26.9 Å². The quantitative estimate of drug-likeness (QED) is 0.567. The van der Waals surface area contributed by atoms with E-state index in [4.69, 9.17) is 14.6 Å². The third kappa shape index (κ3) is 5.21. The molecule has 0 fully saturated rings. The van der Waals surface area contributed by atoms with Crippen molar-refractivity contribution < 1.29 is 29.0 Å². The third-order valence-corrected chi connectivity index (χ3v) is 5.29. The lowest BCUT2D eigenvalue weighted by Gasteiger charge is -2.19. The highest BCUT2D eigenvalue weighted by molar-refractivity contribution is 5.86. The average Bonchev–Trinajstić information content (AvgIpc) is 3.09. The lowest BCUT2D eigenvalue weighted by molar-refractivity contribution is -0.141. The Bertz CT molecular complexity index is 915. The molecule has 0 saturated heterocycles. The molecule has 0 bridgehead atoms. The monoisotopic (exact) mass is 426 g/mol. The summed E-state index contributed by atoms with van der Waals surface area (Å²) in [5.41, 5.74) is 4.42. The van der Waals surface area contributed by atoms with Gasteiger partial charge in [0.15, 0.2) is 0 Å². The Kier molecular flexibility index (Phi) is 7.25. The van der Waals surface area contributed by atoms with Crippen molar-refractivity contribution in [1.82, 2.24) is 10.6 Å². The highest BCUT2D eigenvalue weighted by Gasteiger charge is 2.30. The maximum absolute atomic E-state index is 12.4. The molecule has 0 heterocycles. The summed E-state index contributed by atoms with van der Waals surface area (Å²) >= 11 is 0.